The zero-order chi connectivity index (χ0) is 11.9. The van der Waals surface area contributed by atoms with Gasteiger partial charge in [0.2, 0.25) is 0 Å². The third-order valence-electron chi connectivity index (χ3n) is 3.08. The molecule has 2 atom stereocenters. The molecule has 15 heavy (non-hydrogen) atoms. The Hall–Kier alpha value is 0.354. The highest BCUT2D eigenvalue weighted by Crippen LogP contribution is 2.25. The van der Waals surface area contributed by atoms with Crippen LogP contribution in [0.1, 0.15) is 46.0 Å². The molecular weight excluding hydrogens is 216 g/mol. The molecule has 0 fully saturated rings. The lowest BCUT2D eigenvalue weighted by atomic mass is 9.85. The minimum Gasteiger partial charge on any atom is -0.330 e. The molecule has 0 aliphatic rings. The van der Waals surface area contributed by atoms with Gasteiger partial charge in [-0.3, -0.25) is 0 Å². The van der Waals surface area contributed by atoms with Gasteiger partial charge in [-0.05, 0) is 25.8 Å². The smallest absolute Gasteiger partial charge is 0.0166 e. The highest BCUT2D eigenvalue weighted by molar-refractivity contribution is 6.11. The van der Waals surface area contributed by atoms with E-state index >= 15 is 0 Å². The molecule has 92 valence electrons. The molecule has 0 amide bonds. The van der Waals surface area contributed by atoms with E-state index in [9.17, 15) is 0 Å². The van der Waals surface area contributed by atoms with Crippen LogP contribution in [-0.2, 0) is 0 Å². The average Bonchev–Trinajstić information content (AvgIpc) is 2.13. The van der Waals surface area contributed by atoms with Crippen LogP contribution in [0.4, 0.5) is 0 Å². The Bertz CT molecular complexity index is 149. The zero-order valence-corrected chi connectivity index (χ0v) is 15.1. The molecule has 2 unspecified atom stereocenters. The lowest BCUT2D eigenvalue weighted by Crippen LogP contribution is -2.42. The van der Waals surface area contributed by atoms with Gasteiger partial charge in [-0.1, -0.05) is 37.8 Å². The van der Waals surface area contributed by atoms with Gasteiger partial charge in [-0.25, -0.2) is 0 Å². The van der Waals surface area contributed by atoms with E-state index in [0.717, 1.165) is 24.0 Å². The molecule has 0 saturated carbocycles. The Morgan fingerprint density at radius 1 is 1.00 bits per heavy atom. The van der Waals surface area contributed by atoms with E-state index in [4.69, 9.17) is 11.5 Å². The summed E-state index contributed by atoms with van der Waals surface area (Å²) in [6.45, 7) is 5.39. The molecule has 0 spiro atoms. The summed E-state index contributed by atoms with van der Waals surface area (Å²) in [7, 11) is 2.57. The van der Waals surface area contributed by atoms with E-state index in [0.29, 0.717) is 0 Å². The third-order valence-corrected chi connectivity index (χ3v) is 4.24. The Morgan fingerprint density at radius 3 is 1.67 bits per heavy atom. The second-order valence-electron chi connectivity index (χ2n) is 5.77. The maximum absolute atomic E-state index is 6.46. The molecule has 0 saturated heterocycles. The maximum Gasteiger partial charge on any atom is 0.0166 e. The maximum atomic E-state index is 6.46. The summed E-state index contributed by atoms with van der Waals surface area (Å²) in [5.74, 6) is 0. The van der Waals surface area contributed by atoms with Crippen molar-refractivity contribution in [2.75, 3.05) is 6.54 Å². The van der Waals surface area contributed by atoms with Crippen molar-refractivity contribution in [2.45, 2.75) is 62.6 Å². The summed E-state index contributed by atoms with van der Waals surface area (Å²) < 4.78 is 0. The second-order valence-corrected chi connectivity index (χ2v) is 9.71. The fraction of sp³-hybridized carbons (Fsp3) is 1.00. The van der Waals surface area contributed by atoms with Crippen molar-refractivity contribution in [2.24, 2.45) is 11.5 Å². The van der Waals surface area contributed by atoms with Crippen molar-refractivity contribution in [3.05, 3.63) is 0 Å². The predicted molar refractivity (Wildman–Crippen MR) is 77.8 cm³/mol. The van der Waals surface area contributed by atoms with Gasteiger partial charge in [0.1, 0.15) is 0 Å². The molecule has 0 radical (unpaired) electrons. The molecule has 0 aromatic rings. The van der Waals surface area contributed by atoms with Crippen LogP contribution in [0.3, 0.4) is 0 Å². The molecule has 4 N–H and O–H groups in total. The summed E-state index contributed by atoms with van der Waals surface area (Å²) >= 11 is 0. The van der Waals surface area contributed by atoms with Crippen molar-refractivity contribution in [1.29, 1.82) is 0 Å². The highest BCUT2D eigenvalue weighted by Gasteiger charge is 2.23. The number of nitrogens with two attached hydrogens (primary N) is 2. The predicted octanol–water partition coefficient (Wildman–Crippen LogP) is -0.0593. The van der Waals surface area contributed by atoms with E-state index in [1.54, 1.807) is 0 Å². The summed E-state index contributed by atoms with van der Waals surface area (Å²) in [6.07, 6.45) is 5.92. The lowest BCUT2D eigenvalue weighted by Gasteiger charge is -2.30. The molecule has 0 heterocycles. The molecule has 0 aromatic heterocycles. The van der Waals surface area contributed by atoms with Crippen molar-refractivity contribution in [3.8, 4) is 0 Å². The van der Waals surface area contributed by atoms with Crippen LogP contribution in [-0.4, -0.2) is 32.6 Å². The van der Waals surface area contributed by atoms with Gasteiger partial charge in [0.15, 0.2) is 0 Å². The average molecular weight is 247 g/mol. The molecular formula is C11H30N2Si2. The Morgan fingerprint density at radius 2 is 1.40 bits per heavy atom. The Balaban J connectivity index is 4.05. The van der Waals surface area contributed by atoms with Gasteiger partial charge in [-0.2, -0.15) is 0 Å². The molecule has 2 nitrogen and oxygen atoms in total. The van der Waals surface area contributed by atoms with Crippen molar-refractivity contribution in [3.63, 3.8) is 0 Å². The largest absolute Gasteiger partial charge is 0.330 e. The zero-order valence-electron chi connectivity index (χ0n) is 11.1. The Labute approximate surface area is 101 Å². The second kappa shape index (κ2) is 7.60. The van der Waals surface area contributed by atoms with Gasteiger partial charge < -0.3 is 11.5 Å². The topological polar surface area (TPSA) is 52.0 Å². The first-order valence-electron chi connectivity index (χ1n) is 6.38. The van der Waals surface area contributed by atoms with Crippen LogP contribution in [0.5, 0.6) is 0 Å². The van der Waals surface area contributed by atoms with Gasteiger partial charge >= 0.3 is 0 Å². The summed E-state index contributed by atoms with van der Waals surface area (Å²) in [5.41, 5.74) is 13.9. The van der Waals surface area contributed by atoms with Crippen LogP contribution in [0.15, 0.2) is 0 Å². The van der Waals surface area contributed by atoms with Crippen LogP contribution in [0, 0.1) is 0 Å². The fourth-order valence-corrected chi connectivity index (χ4v) is 2.39. The van der Waals surface area contributed by atoms with E-state index in [1.165, 1.54) is 46.2 Å². The van der Waals surface area contributed by atoms with Crippen molar-refractivity contribution < 1.29 is 0 Å². The van der Waals surface area contributed by atoms with Crippen LogP contribution < -0.4 is 11.5 Å². The monoisotopic (exact) mass is 246 g/mol. The fourth-order valence-electron chi connectivity index (χ4n) is 1.81. The van der Waals surface area contributed by atoms with Crippen LogP contribution in [0.2, 0.25) is 11.1 Å². The molecule has 0 aliphatic carbocycles. The molecule has 0 aliphatic heterocycles. The van der Waals surface area contributed by atoms with E-state index in [-0.39, 0.29) is 5.54 Å². The molecule has 0 aromatic carbocycles. The highest BCUT2D eigenvalue weighted by atomic mass is 28.1. The Kier molecular flexibility index (Phi) is 7.78. The molecule has 0 rings (SSSR count). The van der Waals surface area contributed by atoms with E-state index in [2.05, 4.69) is 13.8 Å². The van der Waals surface area contributed by atoms with Crippen molar-refractivity contribution in [1.82, 2.24) is 0 Å². The number of rotatable bonds is 8. The van der Waals surface area contributed by atoms with Gasteiger partial charge in [0, 0.05) is 26.0 Å². The number of hydrogen-bond acceptors (Lipinski definition) is 2. The normalized spacial score (nSPS) is 20.0. The molecule has 4 heteroatoms. The van der Waals surface area contributed by atoms with E-state index in [1.807, 2.05) is 0 Å². The quantitative estimate of drug-likeness (QED) is 0.590. The SMILES string of the molecule is CC([SiH3])CCC(N)(CCN)CCC(C)[SiH3]. The standard InChI is InChI=1S/C11H30N2Si2/c1-9(14)3-5-11(13,7-8-12)6-4-10(2)15/h9-10H,3-8,12-13H2,1-2,14-15H3. The minimum atomic E-state index is 0.0338. The number of hydrogen-bond donors (Lipinski definition) is 2. The minimum absolute atomic E-state index is 0.0338. The van der Waals surface area contributed by atoms with E-state index < -0.39 is 0 Å². The van der Waals surface area contributed by atoms with Crippen molar-refractivity contribution >= 4 is 20.5 Å². The first-order chi connectivity index (χ1) is 6.89. The molecule has 0 bridgehead atoms. The van der Waals surface area contributed by atoms with Crippen LogP contribution >= 0.6 is 0 Å². The summed E-state index contributed by atoms with van der Waals surface area (Å²) in [4.78, 5) is 0. The van der Waals surface area contributed by atoms with Gasteiger partial charge in [-0.15, -0.1) is 0 Å². The lowest BCUT2D eigenvalue weighted by molar-refractivity contribution is 0.325. The summed E-state index contributed by atoms with van der Waals surface area (Å²) in [6, 6.07) is 0. The third kappa shape index (κ3) is 8.19. The van der Waals surface area contributed by atoms with Crippen LogP contribution in [0.25, 0.3) is 0 Å². The first kappa shape index (κ1) is 15.4. The summed E-state index contributed by atoms with van der Waals surface area (Å²) in [5, 5.41) is 0. The van der Waals surface area contributed by atoms with Gasteiger partial charge in [0.25, 0.3) is 0 Å². The first-order valence-corrected chi connectivity index (χ1v) is 8.69. The van der Waals surface area contributed by atoms with Gasteiger partial charge in [0.05, 0.1) is 0 Å².